The van der Waals surface area contributed by atoms with Crippen LogP contribution < -0.4 is 0 Å². The molecule has 0 aromatic carbocycles. The van der Waals surface area contributed by atoms with Crippen LogP contribution in [0.5, 0.6) is 0 Å². The minimum atomic E-state index is 0.0614. The summed E-state index contributed by atoms with van der Waals surface area (Å²) in [5.74, 6) is 5.04. The molecule has 0 saturated heterocycles. The lowest BCUT2D eigenvalue weighted by Crippen LogP contribution is -2.51. The molecule has 0 radical (unpaired) electrons. The number of fused-ring (bicyclic) bond motifs is 5. The SMILES string of the molecule is C/C=C(\CC[C@@H](C)[C@H]1CC[C@H]2[C@@H]3CC=C4C[C@@H](OC(=O)CCCCCCCCCCCCCCCC)CC[C@]4(C)[C@H]3CC[C@]12C)C(C)C. The third-order valence-corrected chi connectivity index (χ3v) is 14.9. The van der Waals surface area contributed by atoms with Gasteiger partial charge in [0.25, 0.3) is 0 Å². The Balaban J connectivity index is 1.14. The van der Waals surface area contributed by atoms with E-state index in [1.165, 1.54) is 135 Å². The Bertz CT molecular complexity index is 1020. The molecule has 4 aliphatic rings. The summed E-state index contributed by atoms with van der Waals surface area (Å²) in [6, 6.07) is 0. The van der Waals surface area contributed by atoms with Crippen molar-refractivity contribution in [3.63, 3.8) is 0 Å². The zero-order chi connectivity index (χ0) is 34.6. The Morgan fingerprint density at radius 3 is 2.04 bits per heavy atom. The van der Waals surface area contributed by atoms with E-state index >= 15 is 0 Å². The van der Waals surface area contributed by atoms with Crippen molar-refractivity contribution in [2.24, 2.45) is 46.3 Å². The van der Waals surface area contributed by atoms with Gasteiger partial charge in [-0.25, -0.2) is 0 Å². The summed E-state index contributed by atoms with van der Waals surface area (Å²) >= 11 is 0. The summed E-state index contributed by atoms with van der Waals surface area (Å²) in [6.07, 6.45) is 37.5. The summed E-state index contributed by atoms with van der Waals surface area (Å²) in [5, 5.41) is 0. The number of unbranched alkanes of at least 4 members (excludes halogenated alkanes) is 13. The first-order valence-corrected chi connectivity index (χ1v) is 21.7. The third kappa shape index (κ3) is 10.3. The smallest absolute Gasteiger partial charge is 0.306 e. The van der Waals surface area contributed by atoms with Gasteiger partial charge in [0.2, 0.25) is 0 Å². The van der Waals surface area contributed by atoms with Gasteiger partial charge in [-0.3, -0.25) is 4.79 Å². The molecule has 0 bridgehead atoms. The molecule has 4 rings (SSSR count). The zero-order valence-corrected chi connectivity index (χ0v) is 33.2. The van der Waals surface area contributed by atoms with Gasteiger partial charge in [-0.1, -0.05) is 148 Å². The average molecular weight is 665 g/mol. The molecule has 3 saturated carbocycles. The minimum absolute atomic E-state index is 0.0614. The fraction of sp³-hybridized carbons (Fsp3) is 0.891. The molecule has 4 aliphatic carbocycles. The van der Waals surface area contributed by atoms with Crippen LogP contribution in [0.15, 0.2) is 23.3 Å². The molecule has 0 aromatic heterocycles. The van der Waals surface area contributed by atoms with Crippen LogP contribution in [0, 0.1) is 46.3 Å². The number of allylic oxidation sites excluding steroid dienone is 3. The minimum Gasteiger partial charge on any atom is -0.462 e. The van der Waals surface area contributed by atoms with Crippen molar-refractivity contribution < 1.29 is 9.53 Å². The standard InChI is InChI=1S/C46H80O2/c1-8-10-11-12-13-14-15-16-17-18-19-20-21-22-23-44(47)48-39-30-32-45(6)38(34-39)26-27-40-42-29-28-41(46(42,7)33-31-43(40)45)36(5)24-25-37(9-2)35(3)4/h9,26,35-36,39-43H,8,10-25,27-34H2,1-7H3/b37-9+/t36-,39+,40+,41-,42+,43+,45+,46-/m1/s1. The molecule has 0 amide bonds. The van der Waals surface area contributed by atoms with E-state index < -0.39 is 0 Å². The van der Waals surface area contributed by atoms with Gasteiger partial charge in [0.1, 0.15) is 6.10 Å². The first-order valence-electron chi connectivity index (χ1n) is 21.7. The molecule has 0 heterocycles. The van der Waals surface area contributed by atoms with Crippen LogP contribution in [0.1, 0.15) is 209 Å². The lowest BCUT2D eigenvalue weighted by Gasteiger charge is -2.58. The molecular weight excluding hydrogens is 585 g/mol. The van der Waals surface area contributed by atoms with E-state index in [2.05, 4.69) is 60.6 Å². The molecule has 0 N–H and O–H groups in total. The maximum atomic E-state index is 12.8. The summed E-state index contributed by atoms with van der Waals surface area (Å²) < 4.78 is 6.14. The second-order valence-corrected chi connectivity index (χ2v) is 18.2. The molecule has 8 atom stereocenters. The topological polar surface area (TPSA) is 26.3 Å². The number of hydrogen-bond acceptors (Lipinski definition) is 2. The fourth-order valence-corrected chi connectivity index (χ4v) is 11.8. The van der Waals surface area contributed by atoms with Gasteiger partial charge >= 0.3 is 5.97 Å². The van der Waals surface area contributed by atoms with Crippen molar-refractivity contribution in [3.8, 4) is 0 Å². The van der Waals surface area contributed by atoms with Crippen molar-refractivity contribution in [2.45, 2.75) is 215 Å². The Kier molecular flexibility index (Phi) is 16.2. The lowest BCUT2D eigenvalue weighted by atomic mass is 9.47. The molecule has 2 heteroatoms. The highest BCUT2D eigenvalue weighted by Gasteiger charge is 2.59. The molecule has 276 valence electrons. The maximum absolute atomic E-state index is 12.8. The zero-order valence-electron chi connectivity index (χ0n) is 33.2. The average Bonchev–Trinajstić information content (AvgIpc) is 3.42. The quantitative estimate of drug-likeness (QED) is 0.0693. The van der Waals surface area contributed by atoms with E-state index in [1.807, 2.05) is 0 Å². The van der Waals surface area contributed by atoms with Gasteiger partial charge in [-0.15, -0.1) is 0 Å². The van der Waals surface area contributed by atoms with Crippen molar-refractivity contribution in [3.05, 3.63) is 23.3 Å². The maximum Gasteiger partial charge on any atom is 0.306 e. The molecule has 0 spiro atoms. The number of esters is 1. The van der Waals surface area contributed by atoms with E-state index in [0.717, 1.165) is 48.9 Å². The van der Waals surface area contributed by atoms with Crippen molar-refractivity contribution in [2.75, 3.05) is 0 Å². The van der Waals surface area contributed by atoms with E-state index in [4.69, 9.17) is 4.74 Å². The van der Waals surface area contributed by atoms with Crippen LogP contribution >= 0.6 is 0 Å². The molecule has 0 unspecified atom stereocenters. The van der Waals surface area contributed by atoms with Gasteiger partial charge in [-0.05, 0) is 117 Å². The van der Waals surface area contributed by atoms with Crippen molar-refractivity contribution in [1.82, 2.24) is 0 Å². The summed E-state index contributed by atoms with van der Waals surface area (Å²) in [7, 11) is 0. The van der Waals surface area contributed by atoms with E-state index in [-0.39, 0.29) is 12.1 Å². The highest BCUT2D eigenvalue weighted by Crippen LogP contribution is 2.67. The van der Waals surface area contributed by atoms with E-state index in [0.29, 0.717) is 23.2 Å². The second-order valence-electron chi connectivity index (χ2n) is 18.2. The summed E-state index contributed by atoms with van der Waals surface area (Å²) in [4.78, 5) is 12.8. The Morgan fingerprint density at radius 1 is 0.812 bits per heavy atom. The monoisotopic (exact) mass is 665 g/mol. The van der Waals surface area contributed by atoms with Gasteiger partial charge in [-0.2, -0.15) is 0 Å². The van der Waals surface area contributed by atoms with Gasteiger partial charge < -0.3 is 4.74 Å². The normalized spacial score (nSPS) is 32.4. The number of ether oxygens (including phenoxy) is 1. The van der Waals surface area contributed by atoms with Crippen molar-refractivity contribution >= 4 is 5.97 Å². The molecular formula is C46H80O2. The Hall–Kier alpha value is -1.05. The van der Waals surface area contributed by atoms with E-state index in [9.17, 15) is 4.79 Å². The Morgan fingerprint density at radius 2 is 1.44 bits per heavy atom. The van der Waals surface area contributed by atoms with Crippen molar-refractivity contribution in [1.29, 1.82) is 0 Å². The first kappa shape index (κ1) is 39.7. The first-order chi connectivity index (χ1) is 23.1. The number of hydrogen-bond donors (Lipinski definition) is 0. The van der Waals surface area contributed by atoms with Gasteiger partial charge in [0.15, 0.2) is 0 Å². The van der Waals surface area contributed by atoms with Crippen LogP contribution in [0.3, 0.4) is 0 Å². The summed E-state index contributed by atoms with van der Waals surface area (Å²) in [5.41, 5.74) is 4.14. The van der Waals surface area contributed by atoms with Crippen LogP contribution in [0.4, 0.5) is 0 Å². The molecule has 48 heavy (non-hydrogen) atoms. The summed E-state index contributed by atoms with van der Waals surface area (Å²) in [6.45, 7) is 17.1. The molecule has 0 aromatic rings. The third-order valence-electron chi connectivity index (χ3n) is 14.9. The van der Waals surface area contributed by atoms with Gasteiger partial charge in [0, 0.05) is 12.8 Å². The number of carbonyl (C=O) groups is 1. The van der Waals surface area contributed by atoms with Crippen LogP contribution in [-0.4, -0.2) is 12.1 Å². The highest BCUT2D eigenvalue weighted by atomic mass is 16.5. The largest absolute Gasteiger partial charge is 0.462 e. The highest BCUT2D eigenvalue weighted by molar-refractivity contribution is 5.69. The van der Waals surface area contributed by atoms with Gasteiger partial charge in [0.05, 0.1) is 0 Å². The number of carbonyl (C=O) groups excluding carboxylic acids is 1. The Labute approximate surface area is 299 Å². The molecule has 2 nitrogen and oxygen atoms in total. The van der Waals surface area contributed by atoms with Crippen LogP contribution in [-0.2, 0) is 9.53 Å². The van der Waals surface area contributed by atoms with Crippen LogP contribution in [0.2, 0.25) is 0 Å². The van der Waals surface area contributed by atoms with E-state index in [1.54, 1.807) is 11.1 Å². The predicted octanol–water partition coefficient (Wildman–Crippen LogP) is 14.4. The van der Waals surface area contributed by atoms with Crippen LogP contribution in [0.25, 0.3) is 0 Å². The number of rotatable bonds is 21. The molecule has 0 aliphatic heterocycles. The fourth-order valence-electron chi connectivity index (χ4n) is 11.8. The lowest BCUT2D eigenvalue weighted by molar-refractivity contribution is -0.151. The molecule has 3 fully saturated rings. The second kappa shape index (κ2) is 19.5. The predicted molar refractivity (Wildman–Crippen MR) is 207 cm³/mol.